The van der Waals surface area contributed by atoms with Crippen LogP contribution in [0.2, 0.25) is 0 Å². The van der Waals surface area contributed by atoms with Crippen LogP contribution in [0.1, 0.15) is 12.5 Å². The molecule has 0 saturated carbocycles. The Kier molecular flexibility index (Phi) is 5.94. The van der Waals surface area contributed by atoms with Crippen LogP contribution < -0.4 is 10.1 Å². The zero-order valence-corrected chi connectivity index (χ0v) is 16.6. The molecule has 0 aliphatic carbocycles. The third kappa shape index (κ3) is 4.41. The lowest BCUT2D eigenvalue weighted by molar-refractivity contribution is -0.195. The van der Waals surface area contributed by atoms with E-state index in [0.29, 0.717) is 5.69 Å². The van der Waals surface area contributed by atoms with E-state index in [2.05, 4.69) is 10.5 Å². The Morgan fingerprint density at radius 1 is 1.26 bits per heavy atom. The minimum Gasteiger partial charge on any atom is -0.461 e. The normalized spacial score (nSPS) is 25.0. The van der Waals surface area contributed by atoms with E-state index < -0.39 is 18.2 Å². The van der Waals surface area contributed by atoms with E-state index in [4.69, 9.17) is 14.3 Å². The first-order valence-electron chi connectivity index (χ1n) is 9.74. The largest absolute Gasteiger partial charge is 0.461 e. The minimum atomic E-state index is -0.699. The SMILES string of the molecule is C[C@@H]1OC(=O)[C@@H]2[C@H]1C(CO)ON2Cc1cccc(NC(=O)Oc2ccc(N=O)cc2)c1. The summed E-state index contributed by atoms with van der Waals surface area (Å²) >= 11 is 0. The Labute approximate surface area is 177 Å². The number of aliphatic hydroxyl groups is 1. The number of ether oxygens (including phenoxy) is 2. The molecule has 2 N–H and O–H groups in total. The smallest absolute Gasteiger partial charge is 0.417 e. The van der Waals surface area contributed by atoms with Gasteiger partial charge in [-0.15, -0.1) is 4.91 Å². The number of cyclic esters (lactones) is 1. The second kappa shape index (κ2) is 8.80. The van der Waals surface area contributed by atoms with E-state index in [1.165, 1.54) is 29.3 Å². The first-order valence-corrected chi connectivity index (χ1v) is 9.74. The molecule has 2 saturated heterocycles. The van der Waals surface area contributed by atoms with Gasteiger partial charge in [0, 0.05) is 5.69 Å². The van der Waals surface area contributed by atoms with Gasteiger partial charge in [0.05, 0.1) is 19.1 Å². The van der Waals surface area contributed by atoms with Crippen molar-refractivity contribution in [1.29, 1.82) is 0 Å². The molecule has 4 rings (SSSR count). The molecule has 10 heteroatoms. The van der Waals surface area contributed by atoms with Gasteiger partial charge in [-0.05, 0) is 54.1 Å². The van der Waals surface area contributed by atoms with Crippen LogP contribution in [-0.2, 0) is 20.9 Å². The van der Waals surface area contributed by atoms with Gasteiger partial charge < -0.3 is 14.6 Å². The Morgan fingerprint density at radius 3 is 2.74 bits per heavy atom. The van der Waals surface area contributed by atoms with Gasteiger partial charge >= 0.3 is 12.1 Å². The number of carbonyl (C=O) groups is 2. The summed E-state index contributed by atoms with van der Waals surface area (Å²) in [6, 6.07) is 12.2. The van der Waals surface area contributed by atoms with Gasteiger partial charge in [0.2, 0.25) is 0 Å². The molecule has 2 aromatic carbocycles. The molecule has 31 heavy (non-hydrogen) atoms. The molecule has 0 spiro atoms. The number of rotatable bonds is 6. The maximum Gasteiger partial charge on any atom is 0.417 e. The van der Waals surface area contributed by atoms with Crippen molar-refractivity contribution in [2.45, 2.75) is 31.7 Å². The maximum atomic E-state index is 12.2. The molecule has 2 aromatic rings. The van der Waals surface area contributed by atoms with Crippen LogP contribution in [0.15, 0.2) is 53.7 Å². The number of anilines is 1. The predicted octanol–water partition coefficient (Wildman–Crippen LogP) is 2.73. The van der Waals surface area contributed by atoms with E-state index in [-0.39, 0.29) is 42.6 Å². The summed E-state index contributed by atoms with van der Waals surface area (Å²) in [7, 11) is 0. The number of fused-ring (bicyclic) bond motifs is 1. The van der Waals surface area contributed by atoms with Gasteiger partial charge in [0.25, 0.3) is 0 Å². The van der Waals surface area contributed by atoms with Gasteiger partial charge in [-0.3, -0.25) is 14.9 Å². The molecule has 2 aliphatic heterocycles. The highest BCUT2D eigenvalue weighted by Gasteiger charge is 2.56. The zero-order chi connectivity index (χ0) is 22.0. The Bertz CT molecular complexity index is 981. The lowest BCUT2D eigenvalue weighted by Crippen LogP contribution is -2.35. The topological polar surface area (TPSA) is 127 Å². The van der Waals surface area contributed by atoms with Crippen LogP contribution in [-0.4, -0.2) is 47.1 Å². The Hall–Kier alpha value is -3.34. The van der Waals surface area contributed by atoms with E-state index in [1.54, 1.807) is 25.1 Å². The van der Waals surface area contributed by atoms with Crippen LogP contribution in [0.4, 0.5) is 16.2 Å². The fourth-order valence-electron chi connectivity index (χ4n) is 3.91. The molecule has 4 atom stereocenters. The van der Waals surface area contributed by atoms with Crippen molar-refractivity contribution in [2.75, 3.05) is 11.9 Å². The Morgan fingerprint density at radius 2 is 2.03 bits per heavy atom. The number of esters is 1. The minimum absolute atomic E-state index is 0.212. The van der Waals surface area contributed by atoms with Crippen LogP contribution in [0, 0.1) is 10.8 Å². The van der Waals surface area contributed by atoms with Crippen LogP contribution >= 0.6 is 0 Å². The number of hydrogen-bond donors (Lipinski definition) is 2. The van der Waals surface area contributed by atoms with Crippen molar-refractivity contribution in [3.8, 4) is 5.75 Å². The number of hydrogen-bond acceptors (Lipinski definition) is 9. The van der Waals surface area contributed by atoms with Crippen molar-refractivity contribution < 1.29 is 29.0 Å². The number of nitroso groups, excluding NO2 is 1. The van der Waals surface area contributed by atoms with Crippen LogP contribution in [0.25, 0.3) is 0 Å². The second-order valence-electron chi connectivity index (χ2n) is 7.37. The number of amides is 1. The van der Waals surface area contributed by atoms with E-state index in [0.717, 1.165) is 5.56 Å². The molecular formula is C21H21N3O7. The van der Waals surface area contributed by atoms with Crippen LogP contribution in [0.3, 0.4) is 0 Å². The average molecular weight is 427 g/mol. The molecule has 0 radical (unpaired) electrons. The van der Waals surface area contributed by atoms with Crippen molar-refractivity contribution in [3.05, 3.63) is 59.0 Å². The molecule has 0 aromatic heterocycles. The lowest BCUT2D eigenvalue weighted by atomic mass is 9.93. The Balaban J connectivity index is 1.40. The van der Waals surface area contributed by atoms with E-state index >= 15 is 0 Å². The summed E-state index contributed by atoms with van der Waals surface area (Å²) in [5, 5.41) is 16.5. The molecule has 162 valence electrons. The number of carbonyl (C=O) groups excluding carboxylic acids is 2. The summed E-state index contributed by atoms with van der Waals surface area (Å²) in [4.78, 5) is 40.6. The summed E-state index contributed by atoms with van der Waals surface area (Å²) in [6.45, 7) is 1.84. The zero-order valence-electron chi connectivity index (χ0n) is 16.6. The van der Waals surface area contributed by atoms with Gasteiger partial charge in [-0.2, -0.15) is 5.06 Å². The van der Waals surface area contributed by atoms with Gasteiger partial charge in [-0.25, -0.2) is 4.79 Å². The third-order valence-electron chi connectivity index (χ3n) is 5.30. The first-order chi connectivity index (χ1) is 15.0. The number of nitrogens with one attached hydrogen (secondary N) is 1. The van der Waals surface area contributed by atoms with Gasteiger partial charge in [0.1, 0.15) is 29.7 Å². The maximum absolute atomic E-state index is 12.2. The molecule has 0 bridgehead atoms. The molecule has 2 heterocycles. The van der Waals surface area contributed by atoms with Gasteiger partial charge in [0.15, 0.2) is 0 Å². The van der Waals surface area contributed by atoms with Crippen molar-refractivity contribution in [1.82, 2.24) is 5.06 Å². The number of hydroxylamine groups is 2. The highest BCUT2D eigenvalue weighted by molar-refractivity contribution is 5.86. The van der Waals surface area contributed by atoms with Crippen molar-refractivity contribution >= 4 is 23.4 Å². The molecule has 1 unspecified atom stereocenters. The number of aliphatic hydroxyl groups excluding tert-OH is 1. The summed E-state index contributed by atoms with van der Waals surface area (Å²) in [5.41, 5.74) is 1.50. The van der Waals surface area contributed by atoms with Crippen LogP contribution in [0.5, 0.6) is 5.75 Å². The van der Waals surface area contributed by atoms with Gasteiger partial charge in [-0.1, -0.05) is 12.1 Å². The highest BCUT2D eigenvalue weighted by Crippen LogP contribution is 2.38. The second-order valence-corrected chi connectivity index (χ2v) is 7.37. The molecule has 1 amide bonds. The van der Waals surface area contributed by atoms with E-state index in [9.17, 15) is 19.6 Å². The molecule has 10 nitrogen and oxygen atoms in total. The quantitative estimate of drug-likeness (QED) is 0.532. The third-order valence-corrected chi connectivity index (χ3v) is 5.30. The summed E-state index contributed by atoms with van der Waals surface area (Å²) in [5.74, 6) is -0.349. The van der Waals surface area contributed by atoms with Crippen molar-refractivity contribution in [3.63, 3.8) is 0 Å². The summed E-state index contributed by atoms with van der Waals surface area (Å²) in [6.07, 6.45) is -1.54. The lowest BCUT2D eigenvalue weighted by Gasteiger charge is -2.20. The standard InChI is InChI=1S/C21H21N3O7/c1-12-18-17(11-25)31-24(19(18)20(26)29-12)10-13-3-2-4-15(9-13)22-21(27)30-16-7-5-14(23-28)6-8-16/h2-9,12,17-19,25H,10-11H2,1H3,(H,22,27)/t12-,17?,18+,19-/m0/s1. The van der Waals surface area contributed by atoms with Crippen molar-refractivity contribution in [2.24, 2.45) is 11.1 Å². The van der Waals surface area contributed by atoms with E-state index in [1.807, 2.05) is 6.07 Å². The monoisotopic (exact) mass is 427 g/mol. The number of nitrogens with zero attached hydrogens (tertiary/aromatic N) is 2. The number of benzene rings is 2. The predicted molar refractivity (Wildman–Crippen MR) is 108 cm³/mol. The average Bonchev–Trinajstić information content (AvgIpc) is 3.27. The molecular weight excluding hydrogens is 406 g/mol. The summed E-state index contributed by atoms with van der Waals surface area (Å²) < 4.78 is 10.5. The fraction of sp³-hybridized carbons (Fsp3) is 0.333. The fourth-order valence-corrected chi connectivity index (χ4v) is 3.91. The molecule has 2 aliphatic rings. The molecule has 2 fully saturated rings. The first kappa shape index (κ1) is 20.9. The highest BCUT2D eigenvalue weighted by atomic mass is 16.7.